The molecular weight excluding hydrogens is 402 g/mol. The van der Waals surface area contributed by atoms with Gasteiger partial charge in [-0.2, -0.15) is 0 Å². The molecule has 0 radical (unpaired) electrons. The van der Waals surface area contributed by atoms with Gasteiger partial charge in [0.05, 0.1) is 13.7 Å². The van der Waals surface area contributed by atoms with Crippen molar-refractivity contribution in [3.8, 4) is 11.5 Å². The van der Waals surface area contributed by atoms with Crippen LogP contribution in [0, 0.1) is 0 Å². The first-order valence-corrected chi connectivity index (χ1v) is 10.0. The highest BCUT2D eigenvalue weighted by atomic mass is 35.5. The van der Waals surface area contributed by atoms with Crippen LogP contribution in [-0.2, 0) is 4.87 Å². The van der Waals surface area contributed by atoms with E-state index in [9.17, 15) is 4.79 Å². The molecule has 3 aromatic rings. The van der Waals surface area contributed by atoms with Crippen molar-refractivity contribution in [1.82, 2.24) is 5.32 Å². The number of hydrogen-bond donors (Lipinski definition) is 2. The van der Waals surface area contributed by atoms with Gasteiger partial charge >= 0.3 is 6.09 Å². The molecule has 3 aromatic carbocycles. The summed E-state index contributed by atoms with van der Waals surface area (Å²) in [7, 11) is 1.64. The number of halogens is 1. The van der Waals surface area contributed by atoms with Crippen LogP contribution in [0.2, 0.25) is 0 Å². The number of methoxy groups -OCH3 is 1. The number of ether oxygens (including phenoxy) is 2. The SMILES string of the molecule is COc1ccc(C(Cl)(c2ccccc2)c2ccc(OCCCNC(=O)O)cc2)cc1. The summed E-state index contributed by atoms with van der Waals surface area (Å²) in [5.41, 5.74) is 2.82. The first-order chi connectivity index (χ1) is 14.5. The van der Waals surface area contributed by atoms with Crippen LogP contribution in [0.1, 0.15) is 23.1 Å². The first kappa shape index (κ1) is 21.5. The molecule has 0 aromatic heterocycles. The van der Waals surface area contributed by atoms with Gasteiger partial charge in [0.1, 0.15) is 16.4 Å². The maximum Gasteiger partial charge on any atom is 0.404 e. The zero-order valence-electron chi connectivity index (χ0n) is 16.7. The van der Waals surface area contributed by atoms with Crippen molar-refractivity contribution in [2.75, 3.05) is 20.3 Å². The van der Waals surface area contributed by atoms with E-state index in [-0.39, 0.29) is 0 Å². The van der Waals surface area contributed by atoms with Crippen molar-refractivity contribution >= 4 is 17.7 Å². The fourth-order valence-corrected chi connectivity index (χ4v) is 3.60. The molecule has 0 spiro atoms. The highest BCUT2D eigenvalue weighted by Crippen LogP contribution is 2.43. The van der Waals surface area contributed by atoms with Gasteiger partial charge in [-0.1, -0.05) is 54.6 Å². The number of nitrogens with one attached hydrogen (secondary N) is 1. The zero-order chi connectivity index (χ0) is 21.4. The molecule has 0 heterocycles. The third-order valence-corrected chi connectivity index (χ3v) is 5.43. The molecule has 0 aliphatic carbocycles. The Balaban J connectivity index is 1.83. The van der Waals surface area contributed by atoms with E-state index < -0.39 is 11.0 Å². The number of hydrogen-bond acceptors (Lipinski definition) is 3. The van der Waals surface area contributed by atoms with Crippen LogP contribution in [0.5, 0.6) is 11.5 Å². The predicted octanol–water partition coefficient (Wildman–Crippen LogP) is 5.26. The number of benzene rings is 3. The maximum absolute atomic E-state index is 10.5. The van der Waals surface area contributed by atoms with Crippen molar-refractivity contribution in [3.05, 3.63) is 95.6 Å². The predicted molar refractivity (Wildman–Crippen MR) is 118 cm³/mol. The van der Waals surface area contributed by atoms with Gasteiger partial charge in [0, 0.05) is 6.54 Å². The molecule has 0 aliphatic heterocycles. The van der Waals surface area contributed by atoms with Crippen molar-refractivity contribution in [3.63, 3.8) is 0 Å². The van der Waals surface area contributed by atoms with Gasteiger partial charge in [0.15, 0.2) is 0 Å². The second-order valence-electron chi connectivity index (χ2n) is 6.71. The van der Waals surface area contributed by atoms with Crippen LogP contribution >= 0.6 is 11.6 Å². The fraction of sp³-hybridized carbons (Fsp3) is 0.208. The van der Waals surface area contributed by atoms with Crippen LogP contribution in [0.4, 0.5) is 4.79 Å². The molecule has 30 heavy (non-hydrogen) atoms. The quantitative estimate of drug-likeness (QED) is 0.278. The van der Waals surface area contributed by atoms with Crippen molar-refractivity contribution in [2.24, 2.45) is 0 Å². The maximum atomic E-state index is 10.5. The number of carboxylic acid groups (broad SMARTS) is 1. The lowest BCUT2D eigenvalue weighted by Crippen LogP contribution is -2.23. The molecule has 0 saturated heterocycles. The Bertz CT molecular complexity index is 945. The largest absolute Gasteiger partial charge is 0.497 e. The third kappa shape index (κ3) is 5.05. The van der Waals surface area contributed by atoms with Crippen LogP contribution in [0.25, 0.3) is 0 Å². The first-order valence-electron chi connectivity index (χ1n) is 9.63. The van der Waals surface area contributed by atoms with E-state index in [0.717, 1.165) is 22.4 Å². The molecular formula is C24H24ClNO4. The molecule has 0 saturated carbocycles. The second kappa shape index (κ2) is 10.0. The molecule has 1 atom stereocenters. The second-order valence-corrected chi connectivity index (χ2v) is 7.28. The highest BCUT2D eigenvalue weighted by Gasteiger charge is 2.34. The Morgan fingerprint density at radius 3 is 1.97 bits per heavy atom. The van der Waals surface area contributed by atoms with Crippen LogP contribution in [0.15, 0.2) is 78.9 Å². The molecule has 0 fully saturated rings. The molecule has 5 nitrogen and oxygen atoms in total. The Morgan fingerprint density at radius 2 is 1.43 bits per heavy atom. The molecule has 1 amide bonds. The topological polar surface area (TPSA) is 67.8 Å². The molecule has 0 aliphatic rings. The summed E-state index contributed by atoms with van der Waals surface area (Å²) in [5.74, 6) is 1.47. The molecule has 1 unspecified atom stereocenters. The highest BCUT2D eigenvalue weighted by molar-refractivity contribution is 6.28. The number of carbonyl (C=O) groups is 1. The van der Waals surface area contributed by atoms with Gasteiger partial charge in [0.2, 0.25) is 0 Å². The lowest BCUT2D eigenvalue weighted by atomic mass is 9.84. The summed E-state index contributed by atoms with van der Waals surface area (Å²) in [4.78, 5) is 9.60. The van der Waals surface area contributed by atoms with E-state index in [1.165, 1.54) is 0 Å². The molecule has 0 bridgehead atoms. The summed E-state index contributed by atoms with van der Waals surface area (Å²) in [5, 5.41) is 10.9. The summed E-state index contributed by atoms with van der Waals surface area (Å²) in [6.07, 6.45) is -0.444. The standard InChI is InChI=1S/C24H24ClNO4/c1-29-21-12-8-19(9-13-21)24(25,18-6-3-2-4-7-18)20-10-14-22(15-11-20)30-17-5-16-26-23(27)28/h2-4,6-15,26H,5,16-17H2,1H3,(H,27,28). The zero-order valence-corrected chi connectivity index (χ0v) is 17.4. The van der Waals surface area contributed by atoms with Gasteiger partial charge < -0.3 is 19.9 Å². The average Bonchev–Trinajstić information content (AvgIpc) is 2.79. The van der Waals surface area contributed by atoms with E-state index in [0.29, 0.717) is 25.3 Å². The minimum Gasteiger partial charge on any atom is -0.497 e. The van der Waals surface area contributed by atoms with Gasteiger partial charge in [-0.3, -0.25) is 0 Å². The number of alkyl halides is 1. The summed E-state index contributed by atoms with van der Waals surface area (Å²) in [6.45, 7) is 0.770. The van der Waals surface area contributed by atoms with Gasteiger partial charge in [-0.05, 0) is 47.4 Å². The number of amides is 1. The van der Waals surface area contributed by atoms with E-state index in [2.05, 4.69) is 5.32 Å². The molecule has 156 valence electrons. The summed E-state index contributed by atoms with van der Waals surface area (Å²) >= 11 is 7.29. The number of rotatable bonds is 9. The van der Waals surface area contributed by atoms with E-state index in [1.807, 2.05) is 78.9 Å². The molecule has 3 rings (SSSR count). The van der Waals surface area contributed by atoms with Crippen molar-refractivity contribution < 1.29 is 19.4 Å². The van der Waals surface area contributed by atoms with Crippen molar-refractivity contribution in [2.45, 2.75) is 11.3 Å². The van der Waals surface area contributed by atoms with Gasteiger partial charge in [-0.15, -0.1) is 11.6 Å². The van der Waals surface area contributed by atoms with Gasteiger partial charge in [-0.25, -0.2) is 4.79 Å². The monoisotopic (exact) mass is 425 g/mol. The van der Waals surface area contributed by atoms with E-state index >= 15 is 0 Å². The van der Waals surface area contributed by atoms with Crippen LogP contribution in [-0.4, -0.2) is 31.5 Å². The Morgan fingerprint density at radius 1 is 0.900 bits per heavy atom. The van der Waals surface area contributed by atoms with Crippen LogP contribution < -0.4 is 14.8 Å². The third-order valence-electron chi connectivity index (χ3n) is 4.78. The van der Waals surface area contributed by atoms with Crippen LogP contribution in [0.3, 0.4) is 0 Å². The van der Waals surface area contributed by atoms with E-state index in [4.69, 9.17) is 26.2 Å². The Hall–Kier alpha value is -3.18. The lowest BCUT2D eigenvalue weighted by molar-refractivity contribution is 0.193. The minimum absolute atomic E-state index is 0.351. The van der Waals surface area contributed by atoms with Gasteiger partial charge in [0.25, 0.3) is 0 Å². The average molecular weight is 426 g/mol. The fourth-order valence-electron chi connectivity index (χ4n) is 3.23. The molecule has 2 N–H and O–H groups in total. The summed E-state index contributed by atoms with van der Waals surface area (Å²) < 4.78 is 11.0. The Labute approximate surface area is 181 Å². The van der Waals surface area contributed by atoms with Crippen molar-refractivity contribution in [1.29, 1.82) is 0 Å². The molecule has 6 heteroatoms. The smallest absolute Gasteiger partial charge is 0.404 e. The Kier molecular flexibility index (Phi) is 7.20. The summed E-state index contributed by atoms with van der Waals surface area (Å²) in [6, 6.07) is 25.3. The minimum atomic E-state index is -1.03. The normalized spacial score (nSPS) is 12.6. The van der Waals surface area contributed by atoms with E-state index in [1.54, 1.807) is 7.11 Å². The lowest BCUT2D eigenvalue weighted by Gasteiger charge is -2.29.